The van der Waals surface area contributed by atoms with Crippen molar-refractivity contribution in [2.45, 2.75) is 26.9 Å². The normalized spacial score (nSPS) is 11.5. The third-order valence-corrected chi connectivity index (χ3v) is 4.78. The minimum Gasteiger partial charge on any atom is -0.462 e. The molecule has 1 rings (SSSR count). The summed E-state index contributed by atoms with van der Waals surface area (Å²) in [6.07, 6.45) is -0.329. The fourth-order valence-corrected chi connectivity index (χ4v) is 3.22. The van der Waals surface area contributed by atoms with E-state index in [0.29, 0.717) is 5.02 Å². The second kappa shape index (κ2) is 7.33. The van der Waals surface area contributed by atoms with E-state index in [1.807, 2.05) is 0 Å². The van der Waals surface area contributed by atoms with Crippen molar-refractivity contribution >= 4 is 44.9 Å². The highest BCUT2D eigenvalue weighted by Crippen LogP contribution is 2.30. The van der Waals surface area contributed by atoms with E-state index >= 15 is 0 Å². The molecule has 21 heavy (non-hydrogen) atoms. The number of esters is 1. The first-order valence-electron chi connectivity index (χ1n) is 6.32. The Bertz CT molecular complexity index is 617. The monoisotopic (exact) mass is 353 g/mol. The summed E-state index contributed by atoms with van der Waals surface area (Å²) in [5, 5.41) is 0.527. The second-order valence-corrected chi connectivity index (χ2v) is 7.57. The second-order valence-electron chi connectivity index (χ2n) is 4.54. The van der Waals surface area contributed by atoms with Crippen molar-refractivity contribution in [3.05, 3.63) is 28.2 Å². The van der Waals surface area contributed by atoms with Crippen LogP contribution in [0.2, 0.25) is 10.0 Å². The Kier molecular flexibility index (Phi) is 6.31. The van der Waals surface area contributed by atoms with Gasteiger partial charge in [-0.3, -0.25) is 9.10 Å². The summed E-state index contributed by atoms with van der Waals surface area (Å²) < 4.78 is 30.3. The number of sulfonamides is 1. The zero-order chi connectivity index (χ0) is 16.2. The molecule has 0 saturated carbocycles. The number of anilines is 1. The van der Waals surface area contributed by atoms with Crippen LogP contribution < -0.4 is 4.31 Å². The minimum atomic E-state index is -3.67. The van der Waals surface area contributed by atoms with Crippen LogP contribution in [0.25, 0.3) is 0 Å². The van der Waals surface area contributed by atoms with E-state index in [1.54, 1.807) is 13.8 Å². The lowest BCUT2D eigenvalue weighted by atomic mass is 10.3. The van der Waals surface area contributed by atoms with Gasteiger partial charge in [0.05, 0.1) is 22.6 Å². The number of hydrogen-bond acceptors (Lipinski definition) is 4. The smallest absolute Gasteiger partial charge is 0.327 e. The molecule has 0 aromatic heterocycles. The molecule has 0 radical (unpaired) electrons. The van der Waals surface area contributed by atoms with Gasteiger partial charge in [-0.05, 0) is 39.0 Å². The van der Waals surface area contributed by atoms with Gasteiger partial charge in [-0.1, -0.05) is 23.2 Å². The van der Waals surface area contributed by atoms with E-state index in [0.717, 1.165) is 4.31 Å². The van der Waals surface area contributed by atoms with Gasteiger partial charge in [0, 0.05) is 5.02 Å². The first-order valence-corrected chi connectivity index (χ1v) is 8.68. The highest BCUT2D eigenvalue weighted by molar-refractivity contribution is 7.92. The molecule has 0 saturated heterocycles. The Balaban J connectivity index is 3.18. The molecule has 0 unspecified atom stereocenters. The standard InChI is InChI=1S/C13H17Cl2NO4S/c1-4-21(18,19)16(8-13(17)20-9(2)3)12-6-5-10(14)7-11(12)15/h5-7,9H,4,8H2,1-3H3. The van der Waals surface area contributed by atoms with Gasteiger partial charge in [0.1, 0.15) is 6.54 Å². The maximum atomic E-state index is 12.2. The molecule has 118 valence electrons. The first kappa shape index (κ1) is 18.1. The molecule has 0 spiro atoms. The van der Waals surface area contributed by atoms with Crippen molar-refractivity contribution in [1.82, 2.24) is 0 Å². The van der Waals surface area contributed by atoms with Crippen LogP contribution in [0.3, 0.4) is 0 Å². The summed E-state index contributed by atoms with van der Waals surface area (Å²) in [6, 6.07) is 4.39. The zero-order valence-corrected chi connectivity index (χ0v) is 14.3. The van der Waals surface area contributed by atoms with Crippen LogP contribution in [-0.2, 0) is 19.6 Å². The third-order valence-electron chi connectivity index (χ3n) is 2.52. The van der Waals surface area contributed by atoms with Crippen molar-refractivity contribution in [2.75, 3.05) is 16.6 Å². The van der Waals surface area contributed by atoms with Crippen LogP contribution in [0.4, 0.5) is 5.69 Å². The third kappa shape index (κ3) is 5.05. The number of rotatable bonds is 6. The zero-order valence-electron chi connectivity index (χ0n) is 12.0. The Morgan fingerprint density at radius 2 is 1.95 bits per heavy atom. The Morgan fingerprint density at radius 1 is 1.33 bits per heavy atom. The molecule has 0 atom stereocenters. The molecule has 1 aromatic carbocycles. The van der Waals surface area contributed by atoms with Crippen LogP contribution in [-0.4, -0.2) is 32.8 Å². The average Bonchev–Trinajstić information content (AvgIpc) is 2.35. The summed E-state index contributed by atoms with van der Waals surface area (Å²) in [5.74, 6) is -0.811. The molecule has 0 N–H and O–H groups in total. The Labute approximate surface area is 134 Å². The lowest BCUT2D eigenvalue weighted by molar-refractivity contribution is -0.145. The van der Waals surface area contributed by atoms with Gasteiger partial charge in [0.25, 0.3) is 0 Å². The summed E-state index contributed by atoms with van der Waals surface area (Å²) in [4.78, 5) is 11.8. The number of carbonyl (C=O) groups is 1. The number of hydrogen-bond donors (Lipinski definition) is 0. The molecular formula is C13H17Cl2NO4S. The number of halogens is 2. The fourth-order valence-electron chi connectivity index (χ4n) is 1.59. The molecule has 0 aliphatic heterocycles. The molecule has 8 heteroatoms. The maximum Gasteiger partial charge on any atom is 0.327 e. The Hall–Kier alpha value is -0.980. The summed E-state index contributed by atoms with van der Waals surface area (Å²) in [6.45, 7) is 4.42. The predicted molar refractivity (Wildman–Crippen MR) is 84.5 cm³/mol. The van der Waals surface area contributed by atoms with Crippen molar-refractivity contribution in [3.8, 4) is 0 Å². The van der Waals surface area contributed by atoms with Crippen molar-refractivity contribution in [1.29, 1.82) is 0 Å². The van der Waals surface area contributed by atoms with Crippen molar-refractivity contribution < 1.29 is 17.9 Å². The van der Waals surface area contributed by atoms with Gasteiger partial charge in [0.15, 0.2) is 0 Å². The summed E-state index contributed by atoms with van der Waals surface area (Å²) in [5.41, 5.74) is 0.198. The molecule has 0 aliphatic carbocycles. The van der Waals surface area contributed by atoms with E-state index in [9.17, 15) is 13.2 Å². The van der Waals surface area contributed by atoms with Crippen molar-refractivity contribution in [3.63, 3.8) is 0 Å². The van der Waals surface area contributed by atoms with E-state index < -0.39 is 22.5 Å². The molecule has 0 bridgehead atoms. The average molecular weight is 354 g/mol. The van der Waals surface area contributed by atoms with Gasteiger partial charge >= 0.3 is 5.97 Å². The van der Waals surface area contributed by atoms with Crippen LogP contribution in [0.1, 0.15) is 20.8 Å². The van der Waals surface area contributed by atoms with Gasteiger partial charge in [-0.15, -0.1) is 0 Å². The fraction of sp³-hybridized carbons (Fsp3) is 0.462. The quantitative estimate of drug-likeness (QED) is 0.737. The SMILES string of the molecule is CCS(=O)(=O)N(CC(=O)OC(C)C)c1ccc(Cl)cc1Cl. The predicted octanol–water partition coefficient (Wildman–Crippen LogP) is 3.10. The van der Waals surface area contributed by atoms with Crippen LogP contribution >= 0.6 is 23.2 Å². The highest BCUT2D eigenvalue weighted by atomic mass is 35.5. The molecular weight excluding hydrogens is 337 g/mol. The first-order chi connectivity index (χ1) is 9.67. The van der Waals surface area contributed by atoms with Crippen LogP contribution in [0, 0.1) is 0 Å². The molecule has 0 amide bonds. The molecule has 0 heterocycles. The number of nitrogens with zero attached hydrogens (tertiary/aromatic N) is 1. The highest BCUT2D eigenvalue weighted by Gasteiger charge is 2.26. The van der Waals surface area contributed by atoms with E-state index in [1.165, 1.54) is 25.1 Å². The van der Waals surface area contributed by atoms with Crippen molar-refractivity contribution in [2.24, 2.45) is 0 Å². The molecule has 5 nitrogen and oxygen atoms in total. The van der Waals surface area contributed by atoms with Gasteiger partial charge in [-0.2, -0.15) is 0 Å². The van der Waals surface area contributed by atoms with E-state index in [4.69, 9.17) is 27.9 Å². The lowest BCUT2D eigenvalue weighted by Crippen LogP contribution is -2.38. The number of carbonyl (C=O) groups excluding carboxylic acids is 1. The number of ether oxygens (including phenoxy) is 1. The van der Waals surface area contributed by atoms with Crippen LogP contribution in [0.5, 0.6) is 0 Å². The largest absolute Gasteiger partial charge is 0.462 e. The Morgan fingerprint density at radius 3 is 2.43 bits per heavy atom. The molecule has 1 aromatic rings. The topological polar surface area (TPSA) is 63.7 Å². The molecule has 0 fully saturated rings. The van der Waals surface area contributed by atoms with E-state index in [2.05, 4.69) is 0 Å². The number of benzene rings is 1. The summed E-state index contributed by atoms with van der Waals surface area (Å²) >= 11 is 11.8. The van der Waals surface area contributed by atoms with Gasteiger partial charge < -0.3 is 4.74 Å². The van der Waals surface area contributed by atoms with Gasteiger partial charge in [0.2, 0.25) is 10.0 Å². The molecule has 0 aliphatic rings. The van der Waals surface area contributed by atoms with E-state index in [-0.39, 0.29) is 22.6 Å². The lowest BCUT2D eigenvalue weighted by Gasteiger charge is -2.24. The maximum absolute atomic E-state index is 12.2. The van der Waals surface area contributed by atoms with Gasteiger partial charge in [-0.25, -0.2) is 8.42 Å². The summed E-state index contributed by atoms with van der Waals surface area (Å²) in [7, 11) is -3.67. The van der Waals surface area contributed by atoms with Crippen LogP contribution in [0.15, 0.2) is 18.2 Å². The minimum absolute atomic E-state index is 0.150.